The van der Waals surface area contributed by atoms with E-state index in [1.807, 2.05) is 67.6 Å². The molecule has 0 spiro atoms. The highest BCUT2D eigenvalue weighted by Crippen LogP contribution is 2.78. The van der Waals surface area contributed by atoms with Crippen LogP contribution in [-0.4, -0.2) is 23.3 Å². The summed E-state index contributed by atoms with van der Waals surface area (Å²) in [6, 6.07) is 20.0. The zero-order valence-electron chi connectivity index (χ0n) is 13.7. The number of hydrogen-bond donors (Lipinski definition) is 0. The largest absolute Gasteiger partial charge is 0.350 e. The second-order valence-electron chi connectivity index (χ2n) is 7.51. The Labute approximate surface area is 140 Å². The molecule has 2 aromatic carbocycles. The number of benzene rings is 2. The first-order valence-electron chi connectivity index (χ1n) is 8.36. The van der Waals surface area contributed by atoms with Gasteiger partial charge in [-0.3, -0.25) is 9.59 Å². The van der Waals surface area contributed by atoms with Crippen LogP contribution in [-0.2, 0) is 19.7 Å². The summed E-state index contributed by atoms with van der Waals surface area (Å²) in [5, 5.41) is 0. The van der Waals surface area contributed by atoms with Crippen LogP contribution in [0.25, 0.3) is 0 Å². The van der Waals surface area contributed by atoms with Crippen molar-refractivity contribution in [2.45, 2.75) is 31.0 Å². The van der Waals surface area contributed by atoms with Crippen LogP contribution in [0.1, 0.15) is 25.0 Å². The van der Waals surface area contributed by atoms with Gasteiger partial charge in [0.25, 0.3) is 0 Å². The normalized spacial score (nSPS) is 38.2. The Morgan fingerprint density at radius 2 is 1.29 bits per heavy atom. The predicted octanol–water partition coefficient (Wildman–Crippen LogP) is 2.92. The highest BCUT2D eigenvalue weighted by atomic mass is 16.6. The lowest BCUT2D eigenvalue weighted by molar-refractivity contribution is -0.132. The van der Waals surface area contributed by atoms with Gasteiger partial charge in [0.1, 0.15) is 0 Å². The average Bonchev–Trinajstić information content (AvgIpc) is 3.47. The van der Waals surface area contributed by atoms with Crippen molar-refractivity contribution in [3.05, 3.63) is 71.8 Å². The number of fused-ring (bicyclic) bond motifs is 2. The molecule has 5 rings (SSSR count). The molecule has 2 aliphatic carbocycles. The monoisotopic (exact) mass is 318 g/mol. The van der Waals surface area contributed by atoms with Crippen LogP contribution >= 0.6 is 0 Å². The van der Waals surface area contributed by atoms with Gasteiger partial charge in [0.15, 0.2) is 23.3 Å². The van der Waals surface area contributed by atoms with Gasteiger partial charge in [-0.15, -0.1) is 0 Å². The zero-order valence-corrected chi connectivity index (χ0v) is 13.7. The quantitative estimate of drug-likeness (QED) is 0.800. The molecule has 3 heteroatoms. The summed E-state index contributed by atoms with van der Waals surface area (Å²) in [5.41, 5.74) is -0.144. The average molecular weight is 318 g/mol. The van der Waals surface area contributed by atoms with Crippen molar-refractivity contribution < 1.29 is 14.3 Å². The van der Waals surface area contributed by atoms with E-state index in [9.17, 15) is 9.59 Å². The fraction of sp³-hybridized carbons (Fsp3) is 0.333. The molecule has 0 amide bonds. The van der Waals surface area contributed by atoms with Crippen molar-refractivity contribution in [3.63, 3.8) is 0 Å². The van der Waals surface area contributed by atoms with Crippen LogP contribution in [0.2, 0.25) is 0 Å². The SMILES string of the molecule is C[C@]12C(=O)C3O[C@]3(C)C(=O)C1C2(c1ccccc1)c1ccccc1. The van der Waals surface area contributed by atoms with Gasteiger partial charge in [0.2, 0.25) is 0 Å². The van der Waals surface area contributed by atoms with E-state index in [0.717, 1.165) is 11.1 Å². The minimum atomic E-state index is -0.910. The maximum atomic E-state index is 13.2. The maximum absolute atomic E-state index is 13.2. The molecular weight excluding hydrogens is 300 g/mol. The summed E-state index contributed by atoms with van der Waals surface area (Å²) in [7, 11) is 0. The smallest absolute Gasteiger partial charge is 0.172 e. The van der Waals surface area contributed by atoms with E-state index in [0.29, 0.717) is 0 Å². The second-order valence-corrected chi connectivity index (χ2v) is 7.51. The van der Waals surface area contributed by atoms with Crippen molar-refractivity contribution >= 4 is 11.6 Å². The molecule has 4 atom stereocenters. The number of carbonyl (C=O) groups excluding carboxylic acids is 2. The molecule has 1 aliphatic heterocycles. The van der Waals surface area contributed by atoms with E-state index in [2.05, 4.69) is 0 Å². The molecule has 0 N–H and O–H groups in total. The highest BCUT2D eigenvalue weighted by Gasteiger charge is 2.90. The Kier molecular flexibility index (Phi) is 2.37. The van der Waals surface area contributed by atoms with Gasteiger partial charge < -0.3 is 4.74 Å². The molecule has 3 nitrogen and oxygen atoms in total. The number of rotatable bonds is 2. The van der Waals surface area contributed by atoms with Gasteiger partial charge >= 0.3 is 0 Å². The molecule has 2 aromatic rings. The fourth-order valence-electron chi connectivity index (χ4n) is 5.18. The number of carbonyl (C=O) groups is 2. The molecule has 3 aliphatic rings. The summed E-state index contributed by atoms with van der Waals surface area (Å²) >= 11 is 0. The molecule has 24 heavy (non-hydrogen) atoms. The Balaban J connectivity index is 1.79. The van der Waals surface area contributed by atoms with E-state index in [-0.39, 0.29) is 17.5 Å². The Morgan fingerprint density at radius 1 is 0.792 bits per heavy atom. The minimum absolute atomic E-state index is 0.0716. The predicted molar refractivity (Wildman–Crippen MR) is 88.6 cm³/mol. The first-order valence-corrected chi connectivity index (χ1v) is 8.36. The molecular formula is C21H18O3. The summed E-state index contributed by atoms with van der Waals surface area (Å²) in [6.07, 6.45) is -0.569. The van der Waals surface area contributed by atoms with Crippen LogP contribution in [0, 0.1) is 11.3 Å². The summed E-state index contributed by atoms with van der Waals surface area (Å²) in [5.74, 6) is -0.212. The molecule has 0 bridgehead atoms. The number of Topliss-reactive ketones (excluding diaryl/α,β-unsaturated/α-hetero) is 2. The molecule has 0 aromatic heterocycles. The summed E-state index contributed by atoms with van der Waals surface area (Å²) in [4.78, 5) is 26.3. The van der Waals surface area contributed by atoms with Crippen molar-refractivity contribution in [1.82, 2.24) is 0 Å². The lowest BCUT2D eigenvalue weighted by atomic mass is 9.78. The number of epoxide rings is 1. The van der Waals surface area contributed by atoms with E-state index in [1.165, 1.54) is 0 Å². The Morgan fingerprint density at radius 3 is 1.79 bits per heavy atom. The van der Waals surface area contributed by atoms with E-state index >= 15 is 0 Å². The van der Waals surface area contributed by atoms with Crippen LogP contribution in [0.5, 0.6) is 0 Å². The van der Waals surface area contributed by atoms with Gasteiger partial charge in [0, 0.05) is 11.3 Å². The van der Waals surface area contributed by atoms with Crippen LogP contribution in [0.3, 0.4) is 0 Å². The number of ketones is 2. The standard InChI is InChI=1S/C21H18O3/c1-19-15(16(22)20(2)18(24-20)17(19)23)21(19,13-9-5-3-6-10-13)14-11-7-4-8-12-14/h3-12,15,18H,1-2H3/t15?,18?,19-,20-/m1/s1. The number of hydrogen-bond acceptors (Lipinski definition) is 3. The molecule has 1 heterocycles. The Bertz CT molecular complexity index is 831. The Hall–Kier alpha value is -2.26. The molecule has 2 unspecified atom stereocenters. The first kappa shape index (κ1) is 14.1. The van der Waals surface area contributed by atoms with E-state index < -0.39 is 22.5 Å². The van der Waals surface area contributed by atoms with Crippen LogP contribution in [0.15, 0.2) is 60.7 Å². The zero-order chi connectivity index (χ0) is 16.7. The minimum Gasteiger partial charge on any atom is -0.350 e. The molecule has 2 saturated carbocycles. The molecule has 3 fully saturated rings. The van der Waals surface area contributed by atoms with Crippen LogP contribution < -0.4 is 0 Å². The summed E-state index contributed by atoms with van der Waals surface area (Å²) < 4.78 is 5.52. The molecule has 1 saturated heterocycles. The van der Waals surface area contributed by atoms with Gasteiger partial charge in [0.05, 0.1) is 5.41 Å². The van der Waals surface area contributed by atoms with Crippen molar-refractivity contribution in [2.75, 3.05) is 0 Å². The fourth-order valence-corrected chi connectivity index (χ4v) is 5.18. The van der Waals surface area contributed by atoms with Crippen molar-refractivity contribution in [1.29, 1.82) is 0 Å². The van der Waals surface area contributed by atoms with Gasteiger partial charge in [-0.05, 0) is 18.1 Å². The third-order valence-electron chi connectivity index (χ3n) is 6.51. The lowest BCUT2D eigenvalue weighted by Gasteiger charge is -2.23. The first-order chi connectivity index (χ1) is 11.5. The topological polar surface area (TPSA) is 46.7 Å². The van der Waals surface area contributed by atoms with E-state index in [4.69, 9.17) is 4.74 Å². The van der Waals surface area contributed by atoms with Crippen molar-refractivity contribution in [2.24, 2.45) is 11.3 Å². The summed E-state index contributed by atoms with van der Waals surface area (Å²) in [6.45, 7) is 3.70. The van der Waals surface area contributed by atoms with Crippen LogP contribution in [0.4, 0.5) is 0 Å². The molecule has 0 radical (unpaired) electrons. The third kappa shape index (κ3) is 1.27. The maximum Gasteiger partial charge on any atom is 0.172 e. The van der Waals surface area contributed by atoms with Gasteiger partial charge in [-0.2, -0.15) is 0 Å². The second kappa shape index (κ2) is 4.04. The van der Waals surface area contributed by atoms with Gasteiger partial charge in [-0.25, -0.2) is 0 Å². The highest BCUT2D eigenvalue weighted by molar-refractivity contribution is 6.17. The molecule has 120 valence electrons. The third-order valence-corrected chi connectivity index (χ3v) is 6.51. The van der Waals surface area contributed by atoms with E-state index in [1.54, 1.807) is 6.92 Å². The number of ether oxygens (including phenoxy) is 1. The van der Waals surface area contributed by atoms with Gasteiger partial charge in [-0.1, -0.05) is 67.6 Å². The van der Waals surface area contributed by atoms with Crippen molar-refractivity contribution in [3.8, 4) is 0 Å². The lowest BCUT2D eigenvalue weighted by Crippen LogP contribution is -2.39.